The molecule has 63 heavy (non-hydrogen) atoms. The van der Waals surface area contributed by atoms with Crippen molar-refractivity contribution in [3.63, 3.8) is 0 Å². The van der Waals surface area contributed by atoms with Gasteiger partial charge in [0, 0.05) is 40.8 Å². The van der Waals surface area contributed by atoms with Gasteiger partial charge in [-0.2, -0.15) is 0 Å². The predicted octanol–water partition coefficient (Wildman–Crippen LogP) is 2.98. The Morgan fingerprint density at radius 2 is 1.32 bits per heavy atom. The van der Waals surface area contributed by atoms with E-state index in [1.165, 1.54) is 54.6 Å². The molecule has 0 saturated carbocycles. The number of amides is 4. The number of ether oxygens (including phenoxy) is 4. The number of carbonyl (C=O) groups is 8. The number of nitrogens with one attached hydrogen (secondary N) is 4. The van der Waals surface area contributed by atoms with E-state index in [1.54, 1.807) is 27.7 Å². The summed E-state index contributed by atoms with van der Waals surface area (Å²) in [5, 5.41) is 30.7. The lowest BCUT2D eigenvalue weighted by molar-refractivity contribution is -0.144. The average molecular weight is 877 g/mol. The largest absolute Gasteiger partial charge is 0.508 e. The van der Waals surface area contributed by atoms with Crippen molar-refractivity contribution in [3.8, 4) is 23.0 Å². The number of ketones is 1. The van der Waals surface area contributed by atoms with Crippen LogP contribution >= 0.6 is 0 Å². The molecule has 336 valence electrons. The highest BCUT2D eigenvalue weighted by Crippen LogP contribution is 2.57. The van der Waals surface area contributed by atoms with Crippen LogP contribution in [0.1, 0.15) is 90.8 Å². The summed E-state index contributed by atoms with van der Waals surface area (Å²) in [6.07, 6.45) is -1.01. The Labute approximate surface area is 361 Å². The molecule has 0 aliphatic carbocycles. The number of phenolic OH excluding ortho intramolecular Hbond substituents is 2. The van der Waals surface area contributed by atoms with Gasteiger partial charge in [0.25, 0.3) is 5.91 Å². The summed E-state index contributed by atoms with van der Waals surface area (Å²) in [4.78, 5) is 105. The first-order chi connectivity index (χ1) is 29.9. The smallest absolute Gasteiger partial charge is 0.340 e. The summed E-state index contributed by atoms with van der Waals surface area (Å²) in [5.41, 5.74) is -0.699. The second kappa shape index (κ2) is 19.8. The highest BCUT2D eigenvalue weighted by atomic mass is 19.1. The first kappa shape index (κ1) is 47.0. The number of halogens is 1. The van der Waals surface area contributed by atoms with E-state index in [4.69, 9.17) is 14.2 Å². The fourth-order valence-corrected chi connectivity index (χ4v) is 7.30. The van der Waals surface area contributed by atoms with Gasteiger partial charge in [-0.1, -0.05) is 34.1 Å². The van der Waals surface area contributed by atoms with Gasteiger partial charge in [-0.15, -0.1) is 0 Å². The van der Waals surface area contributed by atoms with Gasteiger partial charge in [-0.3, -0.25) is 33.6 Å². The van der Waals surface area contributed by atoms with E-state index in [0.717, 1.165) is 14.2 Å². The molecule has 0 aromatic heterocycles. The van der Waals surface area contributed by atoms with E-state index in [-0.39, 0.29) is 52.5 Å². The number of carbonyl (C=O) groups excluding carboxylic acids is 8. The van der Waals surface area contributed by atoms with Gasteiger partial charge in [0.15, 0.2) is 11.4 Å². The van der Waals surface area contributed by atoms with Crippen molar-refractivity contribution in [2.75, 3.05) is 20.9 Å². The van der Waals surface area contributed by atoms with Crippen molar-refractivity contribution in [2.24, 2.45) is 11.8 Å². The number of methoxy groups -OCH3 is 2. The molecule has 2 heterocycles. The van der Waals surface area contributed by atoms with Gasteiger partial charge >= 0.3 is 17.9 Å². The Balaban J connectivity index is 1.42. The second-order valence-corrected chi connectivity index (χ2v) is 15.5. The fourth-order valence-electron chi connectivity index (χ4n) is 7.30. The van der Waals surface area contributed by atoms with Crippen LogP contribution in [0.15, 0.2) is 54.6 Å². The lowest BCUT2D eigenvalue weighted by Crippen LogP contribution is -2.59. The summed E-state index contributed by atoms with van der Waals surface area (Å²) in [6, 6.07) is 6.83. The molecule has 0 bridgehead atoms. The molecule has 18 nitrogen and oxygen atoms in total. The van der Waals surface area contributed by atoms with Crippen LogP contribution in [-0.2, 0) is 48.6 Å². The molecule has 5 rings (SSSR count). The minimum absolute atomic E-state index is 0.00355. The SMILES string of the molecule is CC[C@H](C)[C@H](NC(=O)[C@H](CCC(=O)OC)NC(=O)[C@@H](NC(=O)c1ccc2c(c1)C1(OC2=O)c2ccc(O)cc2Oc2cc(O)ccc21)C(C)C)C(=O)NC(CC(=O)OC)C(=O)CF. The van der Waals surface area contributed by atoms with Crippen LogP contribution < -0.4 is 26.0 Å². The number of phenols is 2. The van der Waals surface area contributed by atoms with E-state index >= 15 is 0 Å². The Hall–Kier alpha value is -7.05. The highest BCUT2D eigenvalue weighted by molar-refractivity contribution is 6.02. The number of Topliss-reactive ketones (excluding diaryl/α,β-unsaturated/α-hetero) is 1. The summed E-state index contributed by atoms with van der Waals surface area (Å²) < 4.78 is 34.8. The number of fused-ring (bicyclic) bond motifs is 6. The summed E-state index contributed by atoms with van der Waals surface area (Å²) >= 11 is 0. The molecule has 3 aromatic rings. The zero-order chi connectivity index (χ0) is 46.3. The average Bonchev–Trinajstić information content (AvgIpc) is 3.55. The van der Waals surface area contributed by atoms with E-state index in [9.17, 15) is 53.0 Å². The van der Waals surface area contributed by atoms with Crippen molar-refractivity contribution in [2.45, 2.75) is 83.1 Å². The highest BCUT2D eigenvalue weighted by Gasteiger charge is 2.54. The van der Waals surface area contributed by atoms with E-state index < -0.39 is 102 Å². The van der Waals surface area contributed by atoms with Crippen LogP contribution in [0.5, 0.6) is 23.0 Å². The maximum atomic E-state index is 14.1. The molecule has 1 unspecified atom stereocenters. The van der Waals surface area contributed by atoms with Gasteiger partial charge in [0.05, 0.1) is 26.2 Å². The molecule has 0 fully saturated rings. The second-order valence-electron chi connectivity index (χ2n) is 15.5. The zero-order valence-electron chi connectivity index (χ0n) is 35.4. The third kappa shape index (κ3) is 10.0. The van der Waals surface area contributed by atoms with Crippen molar-refractivity contribution in [3.05, 3.63) is 82.4 Å². The van der Waals surface area contributed by atoms with Gasteiger partial charge in [-0.25, -0.2) is 9.18 Å². The van der Waals surface area contributed by atoms with Crippen LogP contribution in [-0.4, -0.2) is 103 Å². The monoisotopic (exact) mass is 876 g/mol. The Morgan fingerprint density at radius 1 is 0.730 bits per heavy atom. The summed E-state index contributed by atoms with van der Waals surface area (Å²) in [7, 11) is 2.18. The van der Waals surface area contributed by atoms with E-state index in [0.29, 0.717) is 17.5 Å². The number of benzene rings is 3. The molecule has 1 spiro atoms. The van der Waals surface area contributed by atoms with Crippen LogP contribution in [0.4, 0.5) is 4.39 Å². The predicted molar refractivity (Wildman–Crippen MR) is 218 cm³/mol. The summed E-state index contributed by atoms with van der Waals surface area (Å²) in [5.74, 6) is -8.15. The number of hydrogen-bond donors (Lipinski definition) is 6. The molecule has 2 aliphatic heterocycles. The van der Waals surface area contributed by atoms with Gasteiger partial charge in [0.2, 0.25) is 17.7 Å². The first-order valence-electron chi connectivity index (χ1n) is 20.1. The standard InChI is InChI=1S/C44H49FN4O14/c1-7-22(4)38(42(58)47-31(32(52)20-45)19-36(54)61-6)49-40(56)30(14-15-35(53)60-5)46-41(57)37(21(2)3)48-39(55)23-8-11-26-29(16-23)44(63-43(26)59)27-12-9-24(50)17-33(27)62-34-18-25(51)10-13-28(34)44/h8-13,16-18,21-22,30-31,37-38,50-51H,7,14-15,19-20H2,1-6H3,(H,46,57)(H,47,58)(H,48,55)(H,49,56)/t22-,30-,31?,37-,38-/m0/s1. The van der Waals surface area contributed by atoms with Crippen LogP contribution in [0.3, 0.4) is 0 Å². The van der Waals surface area contributed by atoms with Crippen molar-refractivity contribution >= 4 is 47.3 Å². The molecule has 4 amide bonds. The normalized spacial score (nSPS) is 15.4. The minimum Gasteiger partial charge on any atom is -0.508 e. The lowest BCUT2D eigenvalue weighted by Gasteiger charge is -2.36. The van der Waals surface area contributed by atoms with Gasteiger partial charge in [0.1, 0.15) is 53.8 Å². The molecule has 5 atom stereocenters. The first-order valence-corrected chi connectivity index (χ1v) is 20.1. The third-order valence-electron chi connectivity index (χ3n) is 11.0. The fraction of sp³-hybridized carbons (Fsp3) is 0.409. The molecule has 0 radical (unpaired) electrons. The van der Waals surface area contributed by atoms with Crippen LogP contribution in [0.2, 0.25) is 0 Å². The van der Waals surface area contributed by atoms with Gasteiger partial charge < -0.3 is 50.4 Å². The number of rotatable bonds is 18. The molecular formula is C44H49FN4O14. The number of esters is 3. The molecule has 0 saturated heterocycles. The lowest BCUT2D eigenvalue weighted by atomic mass is 9.77. The quantitative estimate of drug-likeness (QED) is 0.0794. The Bertz CT molecular complexity index is 2260. The molecule has 2 aliphatic rings. The third-order valence-corrected chi connectivity index (χ3v) is 11.0. The summed E-state index contributed by atoms with van der Waals surface area (Å²) in [6.45, 7) is 5.10. The van der Waals surface area contributed by atoms with Crippen molar-refractivity contribution in [1.29, 1.82) is 0 Å². The maximum absolute atomic E-state index is 14.1. The van der Waals surface area contributed by atoms with Crippen LogP contribution in [0, 0.1) is 11.8 Å². The van der Waals surface area contributed by atoms with Crippen molar-refractivity contribution < 1.29 is 71.9 Å². The number of aromatic hydroxyl groups is 2. The Kier molecular flexibility index (Phi) is 14.7. The zero-order valence-corrected chi connectivity index (χ0v) is 35.4. The Morgan fingerprint density at radius 3 is 1.87 bits per heavy atom. The maximum Gasteiger partial charge on any atom is 0.340 e. The van der Waals surface area contributed by atoms with Crippen molar-refractivity contribution in [1.82, 2.24) is 21.3 Å². The van der Waals surface area contributed by atoms with Crippen LogP contribution in [0.25, 0.3) is 0 Å². The molecule has 3 aromatic carbocycles. The molecule has 19 heteroatoms. The topological polar surface area (TPSA) is 262 Å². The number of hydrogen-bond acceptors (Lipinski definition) is 14. The molecule has 6 N–H and O–H groups in total. The minimum atomic E-state index is -1.68. The van der Waals surface area contributed by atoms with Gasteiger partial charge in [-0.05, 0) is 60.7 Å². The van der Waals surface area contributed by atoms with E-state index in [1.807, 2.05) is 0 Å². The molecular weight excluding hydrogens is 827 g/mol. The van der Waals surface area contributed by atoms with E-state index in [2.05, 4.69) is 26.0 Å². The number of alkyl halides is 1.